The minimum atomic E-state index is -0.277. The molecule has 2 aliphatic rings. The van der Waals surface area contributed by atoms with E-state index >= 15 is 0 Å². The van der Waals surface area contributed by atoms with Gasteiger partial charge in [0.05, 0.1) is 26.4 Å². The molecule has 4 aromatic rings. The van der Waals surface area contributed by atoms with Crippen molar-refractivity contribution in [3.05, 3.63) is 144 Å². The summed E-state index contributed by atoms with van der Waals surface area (Å²) in [5.74, 6) is 0.116. The van der Waals surface area contributed by atoms with E-state index < -0.39 is 0 Å². The van der Waals surface area contributed by atoms with Crippen LogP contribution < -0.4 is 10.6 Å². The van der Waals surface area contributed by atoms with Crippen LogP contribution in [-0.2, 0) is 40.6 Å². The summed E-state index contributed by atoms with van der Waals surface area (Å²) in [5.41, 5.74) is 4.89. The summed E-state index contributed by atoms with van der Waals surface area (Å²) >= 11 is 0. The lowest BCUT2D eigenvalue weighted by atomic mass is 10.1. The molecule has 47 heavy (non-hydrogen) atoms. The Labute approximate surface area is 280 Å². The maximum Gasteiger partial charge on any atom is 0.242 e. The molecule has 248 valence electrons. The molecule has 7 nitrogen and oxygen atoms in total. The summed E-state index contributed by atoms with van der Waals surface area (Å²) in [6, 6.07) is 42.1. The largest absolute Gasteiger partial charge is 0.375 e. The monoisotopic (exact) mass is 634 g/mol. The quantitative estimate of drug-likeness (QED) is 0.210. The van der Waals surface area contributed by atoms with Crippen molar-refractivity contribution in [2.75, 3.05) is 32.8 Å². The Morgan fingerprint density at radius 1 is 0.574 bits per heavy atom. The zero-order chi connectivity index (χ0) is 32.7. The molecule has 7 heteroatoms. The van der Waals surface area contributed by atoms with E-state index in [4.69, 9.17) is 9.47 Å². The van der Waals surface area contributed by atoms with Crippen molar-refractivity contribution < 1.29 is 14.3 Å². The van der Waals surface area contributed by atoms with Crippen LogP contribution in [0.4, 0.5) is 0 Å². The number of hydrogen-bond acceptors (Lipinski definition) is 6. The fourth-order valence-corrected chi connectivity index (χ4v) is 6.29. The highest BCUT2D eigenvalue weighted by atomic mass is 16.5. The Hall–Kier alpha value is -3.85. The van der Waals surface area contributed by atoms with Crippen molar-refractivity contribution in [1.29, 1.82) is 0 Å². The summed E-state index contributed by atoms with van der Waals surface area (Å²) in [6.07, 6.45) is 0. The van der Waals surface area contributed by atoms with Crippen LogP contribution in [-0.4, -0.2) is 72.7 Å². The van der Waals surface area contributed by atoms with Crippen LogP contribution in [0, 0.1) is 0 Å². The topological polar surface area (TPSA) is 66.1 Å². The number of nitrogens with zero attached hydrogens (tertiary/aromatic N) is 2. The highest BCUT2D eigenvalue weighted by molar-refractivity contribution is 5.83. The number of carbonyl (C=O) groups excluding carboxylic acids is 1. The molecule has 6 rings (SSSR count). The summed E-state index contributed by atoms with van der Waals surface area (Å²) in [7, 11) is 0. The van der Waals surface area contributed by atoms with Crippen molar-refractivity contribution in [1.82, 2.24) is 20.4 Å². The predicted molar refractivity (Wildman–Crippen MR) is 189 cm³/mol. The minimum absolute atomic E-state index is 0.116. The van der Waals surface area contributed by atoms with Gasteiger partial charge in [-0.2, -0.15) is 0 Å². The molecule has 0 spiro atoms. The summed E-state index contributed by atoms with van der Waals surface area (Å²) in [5, 5.41) is 7.00. The van der Waals surface area contributed by atoms with E-state index in [0.717, 1.165) is 43.9 Å². The maximum absolute atomic E-state index is 12.7. The average Bonchev–Trinajstić information content (AvgIpc) is 3.09. The van der Waals surface area contributed by atoms with Crippen molar-refractivity contribution in [3.63, 3.8) is 0 Å². The first-order chi connectivity index (χ1) is 23.0. The molecule has 4 aromatic carbocycles. The molecule has 1 amide bonds. The van der Waals surface area contributed by atoms with Gasteiger partial charge in [-0.15, -0.1) is 0 Å². The first-order valence-corrected chi connectivity index (χ1v) is 16.9. The normalized spacial score (nSPS) is 21.6. The molecule has 0 radical (unpaired) electrons. The van der Waals surface area contributed by atoms with Crippen LogP contribution in [0.3, 0.4) is 0 Å². The molecule has 0 aliphatic carbocycles. The first kappa shape index (κ1) is 34.5. The number of amides is 1. The third kappa shape index (κ3) is 11.7. The number of rotatable bonds is 12. The molecule has 2 fully saturated rings. The Bertz CT molecular complexity index is 1440. The number of hydrogen-bond donors (Lipinski definition) is 2. The zero-order valence-electron chi connectivity index (χ0n) is 27.8. The predicted octanol–water partition coefficient (Wildman–Crippen LogP) is 5.66. The van der Waals surface area contributed by atoms with Gasteiger partial charge in [-0.05, 0) is 36.1 Å². The van der Waals surface area contributed by atoms with Gasteiger partial charge in [0.2, 0.25) is 5.91 Å². The third-order valence-electron chi connectivity index (χ3n) is 8.41. The molecule has 0 unspecified atom stereocenters. The second-order valence-electron chi connectivity index (χ2n) is 12.8. The molecule has 2 heterocycles. The molecule has 0 aromatic heterocycles. The SMILES string of the molecule is C[C@H]1CN(Cc2ccccc2)C(=O)[C@H](COCc2ccccc2)N1.C[C@H]1CN(Cc2ccccc2)C[C@H](COCc2ccccc2)N1. The van der Waals surface area contributed by atoms with Gasteiger partial charge in [-0.1, -0.05) is 121 Å². The maximum atomic E-state index is 12.7. The van der Waals surface area contributed by atoms with E-state index in [1.165, 1.54) is 11.1 Å². The molecule has 2 aliphatic heterocycles. The first-order valence-electron chi connectivity index (χ1n) is 16.9. The van der Waals surface area contributed by atoms with Gasteiger partial charge in [0.15, 0.2) is 0 Å². The van der Waals surface area contributed by atoms with Crippen LogP contribution in [0.2, 0.25) is 0 Å². The van der Waals surface area contributed by atoms with Crippen LogP contribution in [0.15, 0.2) is 121 Å². The van der Waals surface area contributed by atoms with Crippen LogP contribution in [0.1, 0.15) is 36.1 Å². The number of ether oxygens (including phenoxy) is 2. The van der Waals surface area contributed by atoms with E-state index in [-0.39, 0.29) is 18.0 Å². The number of benzene rings is 4. The van der Waals surface area contributed by atoms with Gasteiger partial charge >= 0.3 is 0 Å². The summed E-state index contributed by atoms with van der Waals surface area (Å²) in [4.78, 5) is 17.1. The van der Waals surface area contributed by atoms with E-state index in [2.05, 4.69) is 96.1 Å². The van der Waals surface area contributed by atoms with Crippen molar-refractivity contribution >= 4 is 5.91 Å². The molecule has 2 N–H and O–H groups in total. The standard InChI is InChI=1S/C20H24N2O2.C20H26N2O/c1-16-12-22(13-17-8-4-2-5-9-17)20(23)19(21-16)15-24-14-18-10-6-3-7-11-18;1-17-12-22(13-18-8-4-2-5-9-18)14-20(21-17)16-23-15-19-10-6-3-7-11-19/h2-11,16,19,21H,12-15H2,1H3;2-11,17,20-21H,12-16H2,1H3/t16-,19-;17-,20+/m00/s1. The van der Waals surface area contributed by atoms with Crippen LogP contribution in [0.25, 0.3) is 0 Å². The molecule has 0 bridgehead atoms. The third-order valence-corrected chi connectivity index (χ3v) is 8.41. The molecule has 4 atom stereocenters. The number of piperazine rings is 2. The molecule has 0 saturated carbocycles. The molecule has 2 saturated heterocycles. The molecular weight excluding hydrogens is 584 g/mol. The zero-order valence-corrected chi connectivity index (χ0v) is 27.8. The smallest absolute Gasteiger partial charge is 0.242 e. The van der Waals surface area contributed by atoms with Crippen molar-refractivity contribution in [2.45, 2.75) is 64.3 Å². The van der Waals surface area contributed by atoms with E-state index in [1.807, 2.05) is 59.5 Å². The second-order valence-corrected chi connectivity index (χ2v) is 12.8. The second kappa shape index (κ2) is 18.5. The average molecular weight is 635 g/mol. The van der Waals surface area contributed by atoms with E-state index in [9.17, 15) is 4.79 Å². The van der Waals surface area contributed by atoms with E-state index in [0.29, 0.717) is 38.4 Å². The Kier molecular flexibility index (Phi) is 13.6. The van der Waals surface area contributed by atoms with Crippen molar-refractivity contribution in [2.24, 2.45) is 0 Å². The highest BCUT2D eigenvalue weighted by Crippen LogP contribution is 2.14. The minimum Gasteiger partial charge on any atom is -0.375 e. The number of nitrogens with one attached hydrogen (secondary N) is 2. The lowest BCUT2D eigenvalue weighted by molar-refractivity contribution is -0.139. The van der Waals surface area contributed by atoms with Gasteiger partial charge in [-0.25, -0.2) is 0 Å². The highest BCUT2D eigenvalue weighted by Gasteiger charge is 2.32. The summed E-state index contributed by atoms with van der Waals surface area (Å²) in [6.45, 7) is 11.2. The lowest BCUT2D eigenvalue weighted by Gasteiger charge is -2.37. The fraction of sp³-hybridized carbons (Fsp3) is 0.375. The van der Waals surface area contributed by atoms with Gasteiger partial charge < -0.3 is 19.7 Å². The van der Waals surface area contributed by atoms with Gasteiger partial charge in [0, 0.05) is 50.8 Å². The Morgan fingerprint density at radius 3 is 1.60 bits per heavy atom. The van der Waals surface area contributed by atoms with Crippen LogP contribution >= 0.6 is 0 Å². The van der Waals surface area contributed by atoms with Crippen molar-refractivity contribution in [3.8, 4) is 0 Å². The van der Waals surface area contributed by atoms with Gasteiger partial charge in [0.1, 0.15) is 6.04 Å². The lowest BCUT2D eigenvalue weighted by Crippen LogP contribution is -2.60. The number of carbonyl (C=O) groups is 1. The van der Waals surface area contributed by atoms with Crippen LogP contribution in [0.5, 0.6) is 0 Å². The fourth-order valence-electron chi connectivity index (χ4n) is 6.29. The van der Waals surface area contributed by atoms with Gasteiger partial charge in [-0.3, -0.25) is 15.0 Å². The van der Waals surface area contributed by atoms with Gasteiger partial charge in [0.25, 0.3) is 0 Å². The summed E-state index contributed by atoms with van der Waals surface area (Å²) < 4.78 is 11.7. The van der Waals surface area contributed by atoms with E-state index in [1.54, 1.807) is 0 Å². The Morgan fingerprint density at radius 2 is 1.04 bits per heavy atom. The Balaban J connectivity index is 0.000000185. The molecular formula is C40H50N4O3.